The first-order valence-corrected chi connectivity index (χ1v) is 9.49. The first kappa shape index (κ1) is 18.9. The molecule has 2 heterocycles. The van der Waals surface area contributed by atoms with Gasteiger partial charge in [0.15, 0.2) is 0 Å². The number of nitrogens with one attached hydrogen (secondary N) is 1. The van der Waals surface area contributed by atoms with E-state index in [2.05, 4.69) is 20.6 Å². The van der Waals surface area contributed by atoms with Crippen molar-refractivity contribution >= 4 is 34.3 Å². The minimum absolute atomic E-state index is 0.472. The third-order valence-electron chi connectivity index (χ3n) is 4.92. The number of aromatic amines is 1. The van der Waals surface area contributed by atoms with E-state index in [1.807, 2.05) is 62.4 Å². The maximum atomic E-state index is 9.75. The molecule has 4 rings (SSSR count). The number of H-pyrrole nitrogens is 1. The number of hydrogen-bond donors (Lipinski definition) is 1. The second-order valence-corrected chi connectivity index (χ2v) is 7.19. The molecule has 2 aromatic carbocycles. The molecular formula is C23H19ClN4O. The Bertz CT molecular complexity index is 1260. The molecule has 0 radical (unpaired) electrons. The second kappa shape index (κ2) is 7.50. The van der Waals surface area contributed by atoms with Crippen LogP contribution in [0.4, 0.5) is 0 Å². The summed E-state index contributed by atoms with van der Waals surface area (Å²) >= 11 is 6.22. The number of rotatable bonds is 4. The topological polar surface area (TPSA) is 66.6 Å². The molecule has 0 fully saturated rings. The number of nitriles is 1. The van der Waals surface area contributed by atoms with Crippen molar-refractivity contribution in [1.29, 1.82) is 5.26 Å². The fraction of sp³-hybridized carbons (Fsp3) is 0.130. The first-order valence-electron chi connectivity index (χ1n) is 9.11. The molecule has 29 heavy (non-hydrogen) atoms. The number of methoxy groups -OCH3 is 1. The van der Waals surface area contributed by atoms with Gasteiger partial charge in [0.2, 0.25) is 0 Å². The standard InChI is InChI=1S/C23H19ClN4O/c1-14-10-16(15(2)28(14)21-12-18(24)8-9-22(21)29-3)11-17(13-25)23-26-19-6-4-5-7-20(19)27-23/h4-12H,1-3H3,(H,26,27)/b17-11-. The number of benzene rings is 2. The highest BCUT2D eigenvalue weighted by Gasteiger charge is 2.15. The summed E-state index contributed by atoms with van der Waals surface area (Å²) in [7, 11) is 1.64. The Morgan fingerprint density at radius 3 is 2.72 bits per heavy atom. The minimum atomic E-state index is 0.472. The van der Waals surface area contributed by atoms with Gasteiger partial charge in [-0.15, -0.1) is 0 Å². The van der Waals surface area contributed by atoms with E-state index < -0.39 is 0 Å². The van der Waals surface area contributed by atoms with Crippen LogP contribution < -0.4 is 4.74 Å². The first-order chi connectivity index (χ1) is 14.0. The second-order valence-electron chi connectivity index (χ2n) is 6.75. The van der Waals surface area contributed by atoms with Gasteiger partial charge in [0, 0.05) is 16.4 Å². The summed E-state index contributed by atoms with van der Waals surface area (Å²) in [6.45, 7) is 4.02. The van der Waals surface area contributed by atoms with Crippen LogP contribution in [0.1, 0.15) is 22.8 Å². The molecule has 0 bridgehead atoms. The predicted molar refractivity (Wildman–Crippen MR) is 116 cm³/mol. The Kier molecular flexibility index (Phi) is 4.87. The lowest BCUT2D eigenvalue weighted by Crippen LogP contribution is -2.02. The maximum Gasteiger partial charge on any atom is 0.149 e. The van der Waals surface area contributed by atoms with Crippen LogP contribution >= 0.6 is 11.6 Å². The largest absolute Gasteiger partial charge is 0.495 e. The molecule has 0 saturated heterocycles. The molecule has 1 N–H and O–H groups in total. The monoisotopic (exact) mass is 402 g/mol. The van der Waals surface area contributed by atoms with Crippen molar-refractivity contribution in [2.45, 2.75) is 13.8 Å². The van der Waals surface area contributed by atoms with Crippen molar-refractivity contribution in [2.24, 2.45) is 0 Å². The van der Waals surface area contributed by atoms with Crippen LogP contribution in [0.5, 0.6) is 5.75 Å². The van der Waals surface area contributed by atoms with Gasteiger partial charge in [-0.1, -0.05) is 23.7 Å². The number of ether oxygens (including phenoxy) is 1. The normalized spacial score (nSPS) is 11.6. The van der Waals surface area contributed by atoms with Crippen LogP contribution in [-0.4, -0.2) is 21.6 Å². The van der Waals surface area contributed by atoms with Gasteiger partial charge in [0.05, 0.1) is 29.4 Å². The Morgan fingerprint density at radius 1 is 1.21 bits per heavy atom. The van der Waals surface area contributed by atoms with E-state index in [0.29, 0.717) is 16.4 Å². The average Bonchev–Trinajstić information content (AvgIpc) is 3.26. The van der Waals surface area contributed by atoms with Gasteiger partial charge in [0.1, 0.15) is 17.6 Å². The summed E-state index contributed by atoms with van der Waals surface area (Å²) in [5.74, 6) is 1.28. The predicted octanol–water partition coefficient (Wildman–Crippen LogP) is 5.70. The van der Waals surface area contributed by atoms with E-state index in [4.69, 9.17) is 16.3 Å². The Labute approximate surface area is 173 Å². The highest BCUT2D eigenvalue weighted by atomic mass is 35.5. The van der Waals surface area contributed by atoms with Gasteiger partial charge in [0.25, 0.3) is 0 Å². The molecular weight excluding hydrogens is 384 g/mol. The third kappa shape index (κ3) is 3.39. The molecule has 0 amide bonds. The smallest absolute Gasteiger partial charge is 0.149 e. The maximum absolute atomic E-state index is 9.75. The van der Waals surface area contributed by atoms with E-state index >= 15 is 0 Å². The zero-order valence-corrected chi connectivity index (χ0v) is 17.1. The van der Waals surface area contributed by atoms with E-state index in [9.17, 15) is 5.26 Å². The van der Waals surface area contributed by atoms with Crippen molar-refractivity contribution in [2.75, 3.05) is 7.11 Å². The molecule has 5 nitrogen and oxygen atoms in total. The average molecular weight is 403 g/mol. The Hall–Kier alpha value is -3.49. The number of para-hydroxylation sites is 2. The van der Waals surface area contributed by atoms with Crippen molar-refractivity contribution in [3.05, 3.63) is 76.3 Å². The van der Waals surface area contributed by atoms with Gasteiger partial charge in [-0.2, -0.15) is 5.26 Å². The molecule has 144 valence electrons. The van der Waals surface area contributed by atoms with E-state index in [-0.39, 0.29) is 0 Å². The third-order valence-corrected chi connectivity index (χ3v) is 5.15. The number of imidazole rings is 1. The van der Waals surface area contributed by atoms with Gasteiger partial charge < -0.3 is 14.3 Å². The fourth-order valence-electron chi connectivity index (χ4n) is 3.53. The molecule has 0 aliphatic carbocycles. The number of hydrogen-bond acceptors (Lipinski definition) is 3. The number of allylic oxidation sites excluding steroid dienone is 1. The Balaban J connectivity index is 1.83. The lowest BCUT2D eigenvalue weighted by atomic mass is 10.1. The minimum Gasteiger partial charge on any atom is -0.495 e. The van der Waals surface area contributed by atoms with Crippen LogP contribution in [0.2, 0.25) is 5.02 Å². The summed E-state index contributed by atoms with van der Waals surface area (Å²) in [5, 5.41) is 10.4. The van der Waals surface area contributed by atoms with Gasteiger partial charge >= 0.3 is 0 Å². The molecule has 0 unspecified atom stereocenters. The summed E-state index contributed by atoms with van der Waals surface area (Å²) in [6.07, 6.45) is 1.85. The number of fused-ring (bicyclic) bond motifs is 1. The number of aryl methyl sites for hydroxylation is 1. The highest BCUT2D eigenvalue weighted by Crippen LogP contribution is 2.32. The Morgan fingerprint density at radius 2 is 2.00 bits per heavy atom. The van der Waals surface area contributed by atoms with Gasteiger partial charge in [-0.3, -0.25) is 0 Å². The molecule has 0 aliphatic rings. The lowest BCUT2D eigenvalue weighted by Gasteiger charge is -2.14. The molecule has 6 heteroatoms. The summed E-state index contributed by atoms with van der Waals surface area (Å²) in [4.78, 5) is 7.76. The van der Waals surface area contributed by atoms with Crippen LogP contribution in [0.15, 0.2) is 48.5 Å². The van der Waals surface area contributed by atoms with E-state index in [1.165, 1.54) is 0 Å². The van der Waals surface area contributed by atoms with E-state index in [0.717, 1.165) is 39.4 Å². The molecule has 4 aromatic rings. The number of aromatic nitrogens is 3. The molecule has 0 aliphatic heterocycles. The molecule has 2 aromatic heterocycles. The SMILES string of the molecule is COc1ccc(Cl)cc1-n1c(C)cc(/C=C(/C#N)c2nc3ccccc3[nH]2)c1C. The van der Waals surface area contributed by atoms with Gasteiger partial charge in [-0.25, -0.2) is 4.98 Å². The summed E-state index contributed by atoms with van der Waals surface area (Å²) in [6, 6.07) is 17.5. The van der Waals surface area contributed by atoms with Crippen molar-refractivity contribution in [3.63, 3.8) is 0 Å². The molecule has 0 saturated carbocycles. The van der Waals surface area contributed by atoms with Crippen LogP contribution in [0.3, 0.4) is 0 Å². The quantitative estimate of drug-likeness (QED) is 0.445. The zero-order chi connectivity index (χ0) is 20.5. The fourth-order valence-corrected chi connectivity index (χ4v) is 3.70. The lowest BCUT2D eigenvalue weighted by molar-refractivity contribution is 0.412. The van der Waals surface area contributed by atoms with Crippen LogP contribution in [0.25, 0.3) is 28.4 Å². The highest BCUT2D eigenvalue weighted by molar-refractivity contribution is 6.30. The number of nitrogens with zero attached hydrogens (tertiary/aromatic N) is 3. The summed E-state index contributed by atoms with van der Waals surface area (Å²) < 4.78 is 7.59. The number of halogens is 1. The van der Waals surface area contributed by atoms with Gasteiger partial charge in [-0.05, 0) is 61.9 Å². The molecule has 0 atom stereocenters. The van der Waals surface area contributed by atoms with E-state index in [1.54, 1.807) is 13.2 Å². The van der Waals surface area contributed by atoms with Crippen LogP contribution in [0, 0.1) is 25.2 Å². The van der Waals surface area contributed by atoms with Crippen molar-refractivity contribution in [1.82, 2.24) is 14.5 Å². The molecule has 0 spiro atoms. The zero-order valence-electron chi connectivity index (χ0n) is 16.3. The summed E-state index contributed by atoms with van der Waals surface area (Å²) in [5.41, 5.74) is 5.98. The van der Waals surface area contributed by atoms with Crippen molar-refractivity contribution < 1.29 is 4.74 Å². The van der Waals surface area contributed by atoms with Crippen molar-refractivity contribution in [3.8, 4) is 17.5 Å². The van der Waals surface area contributed by atoms with Crippen LogP contribution in [-0.2, 0) is 0 Å².